The first-order valence-electron chi connectivity index (χ1n) is 6.71. The second-order valence-corrected chi connectivity index (χ2v) is 5.70. The van der Waals surface area contributed by atoms with Crippen LogP contribution < -0.4 is 5.32 Å². The van der Waals surface area contributed by atoms with Crippen molar-refractivity contribution in [2.24, 2.45) is 11.8 Å². The summed E-state index contributed by atoms with van der Waals surface area (Å²) in [6.07, 6.45) is 1.35. The second-order valence-electron chi connectivity index (χ2n) is 5.70. The van der Waals surface area contributed by atoms with Gasteiger partial charge in [-0.3, -0.25) is 4.79 Å². The maximum absolute atomic E-state index is 12.4. The number of nitrogens with one attached hydrogen (secondary N) is 1. The second kappa shape index (κ2) is 5.36. The van der Waals surface area contributed by atoms with E-state index in [0.717, 1.165) is 32.6 Å². The van der Waals surface area contributed by atoms with Crippen LogP contribution in [0, 0.1) is 11.8 Å². The van der Waals surface area contributed by atoms with E-state index >= 15 is 0 Å². The number of piperidine rings is 1. The largest absolute Gasteiger partial charge is 0.372 e. The van der Waals surface area contributed by atoms with Crippen molar-refractivity contribution in [2.75, 3.05) is 26.2 Å². The normalized spacial score (nSPS) is 39.1. The van der Waals surface area contributed by atoms with Gasteiger partial charge in [0.15, 0.2) is 0 Å². The van der Waals surface area contributed by atoms with Gasteiger partial charge in [-0.1, -0.05) is 6.92 Å². The van der Waals surface area contributed by atoms with Gasteiger partial charge in [0.05, 0.1) is 18.1 Å². The molecule has 4 atom stereocenters. The van der Waals surface area contributed by atoms with Gasteiger partial charge >= 0.3 is 0 Å². The van der Waals surface area contributed by atoms with Crippen LogP contribution in [0.15, 0.2) is 0 Å². The molecular formula is C13H24N2O2. The molecule has 4 heteroatoms. The Balaban J connectivity index is 1.94. The summed E-state index contributed by atoms with van der Waals surface area (Å²) in [7, 11) is 0. The number of rotatable bonds is 1. The van der Waals surface area contributed by atoms with Crippen LogP contribution in [-0.2, 0) is 9.53 Å². The van der Waals surface area contributed by atoms with Crippen molar-refractivity contribution >= 4 is 5.91 Å². The zero-order valence-electron chi connectivity index (χ0n) is 11.1. The number of carbonyl (C=O) groups is 1. The monoisotopic (exact) mass is 240 g/mol. The Morgan fingerprint density at radius 3 is 2.41 bits per heavy atom. The average molecular weight is 240 g/mol. The molecule has 0 aromatic rings. The molecule has 0 radical (unpaired) electrons. The summed E-state index contributed by atoms with van der Waals surface area (Å²) in [6, 6.07) is 0. The zero-order chi connectivity index (χ0) is 12.4. The predicted molar refractivity (Wildman–Crippen MR) is 66.7 cm³/mol. The lowest BCUT2D eigenvalue weighted by molar-refractivity contribution is -0.148. The molecule has 2 saturated heterocycles. The van der Waals surface area contributed by atoms with E-state index in [1.807, 2.05) is 18.7 Å². The molecule has 17 heavy (non-hydrogen) atoms. The predicted octanol–water partition coefficient (Wildman–Crippen LogP) is 0.868. The lowest BCUT2D eigenvalue weighted by Crippen LogP contribution is -2.52. The Morgan fingerprint density at radius 2 is 1.82 bits per heavy atom. The van der Waals surface area contributed by atoms with Crippen LogP contribution in [0.4, 0.5) is 0 Å². The number of hydrogen-bond donors (Lipinski definition) is 1. The summed E-state index contributed by atoms with van der Waals surface area (Å²) >= 11 is 0. The fourth-order valence-corrected chi connectivity index (χ4v) is 2.96. The standard InChI is InChI=1S/C13H24N2O2/c1-9-4-12(6-14-5-9)13(16)15-7-10(2)17-11(3)8-15/h9-12,14H,4-8H2,1-3H3. The first-order valence-corrected chi connectivity index (χ1v) is 6.71. The highest BCUT2D eigenvalue weighted by Gasteiger charge is 2.32. The maximum atomic E-state index is 12.4. The highest BCUT2D eigenvalue weighted by atomic mass is 16.5. The van der Waals surface area contributed by atoms with Crippen LogP contribution in [0.5, 0.6) is 0 Å². The lowest BCUT2D eigenvalue weighted by atomic mass is 9.90. The molecule has 0 spiro atoms. The molecule has 4 nitrogen and oxygen atoms in total. The van der Waals surface area contributed by atoms with E-state index < -0.39 is 0 Å². The van der Waals surface area contributed by atoms with Crippen molar-refractivity contribution in [3.8, 4) is 0 Å². The Morgan fingerprint density at radius 1 is 1.18 bits per heavy atom. The van der Waals surface area contributed by atoms with E-state index in [0.29, 0.717) is 11.8 Å². The summed E-state index contributed by atoms with van der Waals surface area (Å²) in [6.45, 7) is 9.65. The minimum atomic E-state index is 0.163. The molecule has 98 valence electrons. The highest BCUT2D eigenvalue weighted by molar-refractivity contribution is 5.79. The topological polar surface area (TPSA) is 41.6 Å². The number of morpholine rings is 1. The van der Waals surface area contributed by atoms with Gasteiger partial charge in [0.25, 0.3) is 0 Å². The van der Waals surface area contributed by atoms with Crippen molar-refractivity contribution < 1.29 is 9.53 Å². The molecular weight excluding hydrogens is 216 g/mol. The summed E-state index contributed by atoms with van der Waals surface area (Å²) in [5.41, 5.74) is 0. The summed E-state index contributed by atoms with van der Waals surface area (Å²) in [5, 5.41) is 3.35. The van der Waals surface area contributed by atoms with Crippen LogP contribution >= 0.6 is 0 Å². The van der Waals surface area contributed by atoms with Gasteiger partial charge in [0, 0.05) is 19.6 Å². The van der Waals surface area contributed by atoms with Gasteiger partial charge in [-0.05, 0) is 32.7 Å². The third-order valence-corrected chi connectivity index (χ3v) is 3.65. The molecule has 1 N–H and O–H groups in total. The summed E-state index contributed by atoms with van der Waals surface area (Å²) < 4.78 is 5.67. The van der Waals surface area contributed by atoms with Crippen molar-refractivity contribution in [3.05, 3.63) is 0 Å². The Kier molecular flexibility index (Phi) is 4.05. The third-order valence-electron chi connectivity index (χ3n) is 3.65. The van der Waals surface area contributed by atoms with Crippen LogP contribution in [-0.4, -0.2) is 49.2 Å². The molecule has 2 aliphatic heterocycles. The molecule has 1 amide bonds. The van der Waals surface area contributed by atoms with Gasteiger partial charge in [0.2, 0.25) is 5.91 Å². The van der Waals surface area contributed by atoms with Crippen molar-refractivity contribution in [3.63, 3.8) is 0 Å². The van der Waals surface area contributed by atoms with Crippen LogP contribution in [0.2, 0.25) is 0 Å². The highest BCUT2D eigenvalue weighted by Crippen LogP contribution is 2.20. The number of ether oxygens (including phenoxy) is 1. The molecule has 0 aromatic heterocycles. The molecule has 0 aromatic carbocycles. The van der Waals surface area contributed by atoms with Gasteiger partial charge in [-0.2, -0.15) is 0 Å². The van der Waals surface area contributed by atoms with E-state index in [-0.39, 0.29) is 18.1 Å². The molecule has 4 unspecified atom stereocenters. The fraction of sp³-hybridized carbons (Fsp3) is 0.923. The summed E-state index contributed by atoms with van der Waals surface area (Å²) in [4.78, 5) is 14.4. The number of carbonyl (C=O) groups excluding carboxylic acids is 1. The molecule has 0 bridgehead atoms. The van der Waals surface area contributed by atoms with Crippen molar-refractivity contribution in [1.29, 1.82) is 0 Å². The van der Waals surface area contributed by atoms with Gasteiger partial charge in [-0.25, -0.2) is 0 Å². The van der Waals surface area contributed by atoms with E-state index in [9.17, 15) is 4.79 Å². The van der Waals surface area contributed by atoms with Crippen LogP contribution in [0.25, 0.3) is 0 Å². The maximum Gasteiger partial charge on any atom is 0.227 e. The minimum absolute atomic E-state index is 0.163. The molecule has 2 aliphatic rings. The van der Waals surface area contributed by atoms with E-state index in [1.54, 1.807) is 0 Å². The SMILES string of the molecule is CC1CNCC(C(=O)N2CC(C)OC(C)C2)C1. The quantitative estimate of drug-likeness (QED) is 0.739. The smallest absolute Gasteiger partial charge is 0.227 e. The Hall–Kier alpha value is -0.610. The van der Waals surface area contributed by atoms with Crippen molar-refractivity contribution in [1.82, 2.24) is 10.2 Å². The lowest BCUT2D eigenvalue weighted by Gasteiger charge is -2.38. The number of amides is 1. The zero-order valence-corrected chi connectivity index (χ0v) is 11.1. The van der Waals surface area contributed by atoms with E-state index in [2.05, 4.69) is 12.2 Å². The Bertz CT molecular complexity index is 273. The first-order chi connectivity index (χ1) is 8.06. The van der Waals surface area contributed by atoms with Crippen molar-refractivity contribution in [2.45, 2.75) is 39.4 Å². The van der Waals surface area contributed by atoms with E-state index in [4.69, 9.17) is 4.74 Å². The van der Waals surface area contributed by atoms with Gasteiger partial charge < -0.3 is 15.0 Å². The van der Waals surface area contributed by atoms with Gasteiger partial charge in [-0.15, -0.1) is 0 Å². The average Bonchev–Trinajstić information content (AvgIpc) is 2.26. The molecule has 2 fully saturated rings. The Labute approximate surface area is 104 Å². The molecule has 2 rings (SSSR count). The number of nitrogens with zero attached hydrogens (tertiary/aromatic N) is 1. The number of hydrogen-bond acceptors (Lipinski definition) is 3. The summed E-state index contributed by atoms with van der Waals surface area (Å²) in [5.74, 6) is 1.08. The molecule has 0 aliphatic carbocycles. The molecule has 0 saturated carbocycles. The van der Waals surface area contributed by atoms with E-state index in [1.165, 1.54) is 0 Å². The first kappa shape index (κ1) is 12.8. The fourth-order valence-electron chi connectivity index (χ4n) is 2.96. The third kappa shape index (κ3) is 3.19. The van der Waals surface area contributed by atoms with Crippen LogP contribution in [0.3, 0.4) is 0 Å². The minimum Gasteiger partial charge on any atom is -0.372 e. The van der Waals surface area contributed by atoms with Crippen LogP contribution in [0.1, 0.15) is 27.2 Å². The molecule has 2 heterocycles. The van der Waals surface area contributed by atoms with Gasteiger partial charge in [0.1, 0.15) is 0 Å².